The summed E-state index contributed by atoms with van der Waals surface area (Å²) in [7, 11) is 0. The molecule has 60 heavy (non-hydrogen) atoms. The number of benzene rings is 10. The van der Waals surface area contributed by atoms with Gasteiger partial charge in [-0.25, -0.2) is 0 Å². The average Bonchev–Trinajstić information content (AvgIpc) is 3.66. The van der Waals surface area contributed by atoms with Gasteiger partial charge in [0.05, 0.1) is 0 Å². The van der Waals surface area contributed by atoms with Crippen LogP contribution in [0.25, 0.3) is 88.0 Å². The van der Waals surface area contributed by atoms with E-state index in [0.29, 0.717) is 0 Å². The van der Waals surface area contributed by atoms with Crippen LogP contribution in [0.2, 0.25) is 0 Å². The highest BCUT2D eigenvalue weighted by Gasteiger charge is 2.17. The van der Waals surface area contributed by atoms with Gasteiger partial charge in [-0.15, -0.1) is 0 Å². The number of anilines is 3. The standard InChI is InChI=1S/C58H41NO/c1-38-17-34-57-55(35-38)56-37-39(2)36-54(58(56)60-57)46-26-32-49(33-27-46)59(48-30-24-45(25-31-48)53-16-8-12-43-10-4-6-14-51(43)53)47-28-22-41(23-29-47)40-18-20-44(21-19-40)52-15-7-11-42-9-3-5-13-50(42)52/h3-37H,1-2H3. The summed E-state index contributed by atoms with van der Waals surface area (Å²) in [6, 6.07) is 77.0. The summed E-state index contributed by atoms with van der Waals surface area (Å²) in [5.41, 5.74) is 17.0. The highest BCUT2D eigenvalue weighted by Crippen LogP contribution is 2.41. The molecule has 284 valence electrons. The van der Waals surface area contributed by atoms with Crippen LogP contribution < -0.4 is 4.90 Å². The molecule has 0 saturated heterocycles. The molecular formula is C58H41NO. The topological polar surface area (TPSA) is 16.4 Å². The maximum Gasteiger partial charge on any atom is 0.143 e. The number of fused-ring (bicyclic) bond motifs is 5. The molecule has 0 saturated carbocycles. The van der Waals surface area contributed by atoms with Gasteiger partial charge in [0.1, 0.15) is 11.2 Å². The molecule has 0 radical (unpaired) electrons. The largest absolute Gasteiger partial charge is 0.455 e. The van der Waals surface area contributed by atoms with E-state index >= 15 is 0 Å². The second kappa shape index (κ2) is 14.6. The Bertz CT molecular complexity index is 3350. The minimum Gasteiger partial charge on any atom is -0.455 e. The maximum absolute atomic E-state index is 6.52. The van der Waals surface area contributed by atoms with Gasteiger partial charge in [0.2, 0.25) is 0 Å². The van der Waals surface area contributed by atoms with E-state index in [4.69, 9.17) is 4.42 Å². The van der Waals surface area contributed by atoms with Gasteiger partial charge >= 0.3 is 0 Å². The minimum atomic E-state index is 0.918. The Morgan fingerprint density at radius 1 is 0.317 bits per heavy atom. The number of hydrogen-bond acceptors (Lipinski definition) is 2. The summed E-state index contributed by atoms with van der Waals surface area (Å²) in [5.74, 6) is 0. The number of furan rings is 1. The molecule has 0 bridgehead atoms. The van der Waals surface area contributed by atoms with Gasteiger partial charge in [0.15, 0.2) is 0 Å². The third-order valence-electron chi connectivity index (χ3n) is 12.0. The van der Waals surface area contributed by atoms with Crippen LogP contribution in [-0.4, -0.2) is 0 Å². The lowest BCUT2D eigenvalue weighted by Gasteiger charge is -2.26. The highest BCUT2D eigenvalue weighted by molar-refractivity contribution is 6.10. The fourth-order valence-corrected chi connectivity index (χ4v) is 8.98. The molecule has 0 aliphatic carbocycles. The van der Waals surface area contributed by atoms with Crippen LogP contribution in [0.3, 0.4) is 0 Å². The minimum absolute atomic E-state index is 0.918. The van der Waals surface area contributed by atoms with E-state index in [0.717, 1.165) is 50.1 Å². The molecule has 0 aliphatic rings. The van der Waals surface area contributed by atoms with E-state index in [1.165, 1.54) is 66.1 Å². The predicted molar refractivity (Wildman–Crippen MR) is 255 cm³/mol. The smallest absolute Gasteiger partial charge is 0.143 e. The summed E-state index contributed by atoms with van der Waals surface area (Å²) < 4.78 is 6.52. The van der Waals surface area contributed by atoms with Crippen molar-refractivity contribution in [3.63, 3.8) is 0 Å². The third kappa shape index (κ3) is 6.31. The van der Waals surface area contributed by atoms with Crippen LogP contribution in [-0.2, 0) is 0 Å². The van der Waals surface area contributed by atoms with Crippen LogP contribution in [0.15, 0.2) is 217 Å². The zero-order valence-electron chi connectivity index (χ0n) is 33.6. The first-order valence-corrected chi connectivity index (χ1v) is 20.7. The van der Waals surface area contributed by atoms with Crippen molar-refractivity contribution in [2.24, 2.45) is 0 Å². The summed E-state index contributed by atoms with van der Waals surface area (Å²) >= 11 is 0. The molecule has 0 N–H and O–H groups in total. The van der Waals surface area contributed by atoms with Crippen LogP contribution in [0.5, 0.6) is 0 Å². The molecule has 0 unspecified atom stereocenters. The van der Waals surface area contributed by atoms with Gasteiger partial charge in [0.25, 0.3) is 0 Å². The van der Waals surface area contributed by atoms with Gasteiger partial charge < -0.3 is 9.32 Å². The van der Waals surface area contributed by atoms with Crippen molar-refractivity contribution in [1.29, 1.82) is 0 Å². The summed E-state index contributed by atoms with van der Waals surface area (Å²) in [5, 5.41) is 7.34. The molecule has 0 fully saturated rings. The molecule has 2 nitrogen and oxygen atoms in total. The Labute approximate surface area is 350 Å². The number of nitrogens with zero attached hydrogens (tertiary/aromatic N) is 1. The zero-order chi connectivity index (χ0) is 40.2. The first-order valence-electron chi connectivity index (χ1n) is 20.7. The monoisotopic (exact) mass is 767 g/mol. The number of rotatable bonds is 7. The van der Waals surface area contributed by atoms with Crippen molar-refractivity contribution in [1.82, 2.24) is 0 Å². The quantitative estimate of drug-likeness (QED) is 0.161. The normalized spacial score (nSPS) is 11.5. The van der Waals surface area contributed by atoms with E-state index < -0.39 is 0 Å². The van der Waals surface area contributed by atoms with Gasteiger partial charge in [-0.05, 0) is 141 Å². The van der Waals surface area contributed by atoms with E-state index in [1.54, 1.807) is 0 Å². The van der Waals surface area contributed by atoms with Crippen LogP contribution >= 0.6 is 0 Å². The Morgan fingerprint density at radius 2 is 0.750 bits per heavy atom. The Balaban J connectivity index is 0.965. The number of aryl methyl sites for hydroxylation is 2. The fraction of sp³-hybridized carbons (Fsp3) is 0.0345. The fourth-order valence-electron chi connectivity index (χ4n) is 8.98. The average molecular weight is 768 g/mol. The third-order valence-corrected chi connectivity index (χ3v) is 12.0. The lowest BCUT2D eigenvalue weighted by Crippen LogP contribution is -2.09. The van der Waals surface area contributed by atoms with Gasteiger partial charge in [-0.3, -0.25) is 0 Å². The maximum atomic E-state index is 6.52. The summed E-state index contributed by atoms with van der Waals surface area (Å²) in [4.78, 5) is 2.35. The molecule has 1 aromatic heterocycles. The molecule has 11 aromatic rings. The zero-order valence-corrected chi connectivity index (χ0v) is 33.6. The van der Waals surface area contributed by atoms with Crippen molar-refractivity contribution in [3.05, 3.63) is 223 Å². The van der Waals surface area contributed by atoms with Gasteiger partial charge in [0, 0.05) is 33.4 Å². The van der Waals surface area contributed by atoms with Crippen LogP contribution in [0.1, 0.15) is 11.1 Å². The van der Waals surface area contributed by atoms with Crippen molar-refractivity contribution >= 4 is 60.5 Å². The highest BCUT2D eigenvalue weighted by atomic mass is 16.3. The Kier molecular flexibility index (Phi) is 8.64. The Hall–Kier alpha value is -7.68. The Morgan fingerprint density at radius 3 is 1.30 bits per heavy atom. The van der Waals surface area contributed by atoms with Crippen molar-refractivity contribution < 1.29 is 4.42 Å². The molecule has 0 spiro atoms. The second-order valence-corrected chi connectivity index (χ2v) is 15.9. The van der Waals surface area contributed by atoms with Crippen LogP contribution in [0.4, 0.5) is 17.1 Å². The SMILES string of the molecule is Cc1ccc2oc3c(-c4ccc(N(c5ccc(-c6ccc(-c7cccc8ccccc78)cc6)cc5)c5ccc(-c6cccc7ccccc67)cc5)cc4)cc(C)cc3c2c1. The van der Waals surface area contributed by atoms with E-state index in [-0.39, 0.29) is 0 Å². The summed E-state index contributed by atoms with van der Waals surface area (Å²) in [6.45, 7) is 4.30. The molecule has 2 heteroatoms. The van der Waals surface area contributed by atoms with Gasteiger partial charge in [-0.1, -0.05) is 157 Å². The van der Waals surface area contributed by atoms with E-state index in [9.17, 15) is 0 Å². The summed E-state index contributed by atoms with van der Waals surface area (Å²) in [6.07, 6.45) is 0. The van der Waals surface area contributed by atoms with Gasteiger partial charge in [-0.2, -0.15) is 0 Å². The molecular weight excluding hydrogens is 727 g/mol. The molecule has 10 aromatic carbocycles. The first-order chi connectivity index (χ1) is 29.5. The second-order valence-electron chi connectivity index (χ2n) is 15.9. The lowest BCUT2D eigenvalue weighted by atomic mass is 9.96. The van der Waals surface area contributed by atoms with E-state index in [2.05, 4.69) is 231 Å². The number of hydrogen-bond donors (Lipinski definition) is 0. The molecule has 0 atom stereocenters. The first kappa shape index (κ1) is 35.5. The molecule has 0 aliphatic heterocycles. The van der Waals surface area contributed by atoms with Crippen molar-refractivity contribution in [2.75, 3.05) is 4.90 Å². The van der Waals surface area contributed by atoms with Crippen molar-refractivity contribution in [2.45, 2.75) is 13.8 Å². The van der Waals surface area contributed by atoms with Crippen LogP contribution in [0, 0.1) is 13.8 Å². The molecule has 0 amide bonds. The lowest BCUT2D eigenvalue weighted by molar-refractivity contribution is 0.670. The predicted octanol–water partition coefficient (Wildman–Crippen LogP) is 16.6. The molecule has 11 rings (SSSR count). The van der Waals surface area contributed by atoms with E-state index in [1.807, 2.05) is 0 Å². The van der Waals surface area contributed by atoms with Crippen molar-refractivity contribution in [3.8, 4) is 44.5 Å². The molecule has 1 heterocycles.